The van der Waals surface area contributed by atoms with E-state index in [1.54, 1.807) is 0 Å². The second kappa shape index (κ2) is 21.2. The van der Waals surface area contributed by atoms with Crippen LogP contribution < -0.4 is 10.6 Å². The molecule has 0 unspecified atom stereocenters. The van der Waals surface area contributed by atoms with Gasteiger partial charge in [-0.25, -0.2) is 18.4 Å². The monoisotopic (exact) mass is 1000 g/mol. The number of carbonyl (C=O) groups excluding carboxylic acids is 6. The van der Waals surface area contributed by atoms with E-state index >= 15 is 0 Å². The van der Waals surface area contributed by atoms with Gasteiger partial charge in [-0.3, -0.25) is 19.2 Å². The van der Waals surface area contributed by atoms with Crippen molar-refractivity contribution in [2.45, 2.75) is 83.5 Å². The van der Waals surface area contributed by atoms with Crippen LogP contribution in [0.1, 0.15) is 72.1 Å². The van der Waals surface area contributed by atoms with Crippen LogP contribution >= 0.6 is 0 Å². The maximum Gasteiger partial charge on any atom is 0.435 e. The molecule has 0 saturated heterocycles. The van der Waals surface area contributed by atoms with Gasteiger partial charge in [0.25, 0.3) is 0 Å². The minimum Gasteiger partial charge on any atom is -0.462 e. The molecule has 374 valence electrons. The molecule has 0 bridgehead atoms. The number of nitrogens with one attached hydrogen (secondary N) is 2. The fraction of sp³-hybridized carbons (Fsp3) is 0.333. The summed E-state index contributed by atoms with van der Waals surface area (Å²) in [6, 6.07) is 12.4. The van der Waals surface area contributed by atoms with E-state index in [9.17, 15) is 90.2 Å². The number of amides is 2. The first kappa shape index (κ1) is 56.4. The Morgan fingerprint density at radius 3 is 1.06 bits per heavy atom. The number of benzene rings is 4. The van der Waals surface area contributed by atoms with E-state index in [1.807, 2.05) is 0 Å². The molecule has 4 aromatic carbocycles. The van der Waals surface area contributed by atoms with Gasteiger partial charge in [0, 0.05) is 46.5 Å². The number of aryl methyl sites for hydroxylation is 4. The lowest BCUT2D eigenvalue weighted by molar-refractivity contribution is -0.349. The fourth-order valence-corrected chi connectivity index (χ4v) is 6.64. The van der Waals surface area contributed by atoms with Crippen LogP contribution in [-0.4, -0.2) is 73.7 Å². The lowest BCUT2D eigenvalue weighted by atomic mass is 9.87. The zero-order chi connectivity index (χ0) is 52.8. The quantitative estimate of drug-likeness (QED) is 0.0654. The Balaban J connectivity index is 0.000000365. The molecular weight excluding hydrogens is 962 g/mol. The van der Waals surface area contributed by atoms with E-state index in [-0.39, 0.29) is 62.5 Å². The van der Waals surface area contributed by atoms with Gasteiger partial charge < -0.3 is 20.1 Å². The van der Waals surface area contributed by atoms with Crippen molar-refractivity contribution in [3.8, 4) is 0 Å². The van der Waals surface area contributed by atoms with Crippen LogP contribution in [0.15, 0.2) is 72.8 Å². The Kier molecular flexibility index (Phi) is 17.3. The van der Waals surface area contributed by atoms with Gasteiger partial charge in [0.15, 0.2) is 11.6 Å². The van der Waals surface area contributed by atoms with Gasteiger partial charge in [0.05, 0.1) is 13.7 Å². The molecular formula is C45H38F14N2O8. The summed E-state index contributed by atoms with van der Waals surface area (Å²) in [6.07, 6.45) is -25.9. The van der Waals surface area contributed by atoms with E-state index in [0.717, 1.165) is 7.11 Å². The van der Waals surface area contributed by atoms with Crippen LogP contribution in [0.5, 0.6) is 0 Å². The first-order valence-corrected chi connectivity index (χ1v) is 19.5. The third-order valence-corrected chi connectivity index (χ3v) is 10.1. The number of Topliss-reactive ketones (excluding diaryl/α,β-unsaturated/α-hetero) is 2. The maximum atomic E-state index is 14.4. The molecule has 0 fully saturated rings. The number of halogens is 14. The molecule has 0 aliphatic heterocycles. The summed E-state index contributed by atoms with van der Waals surface area (Å²) in [7, 11) is 0.994. The molecule has 0 heterocycles. The average molecular weight is 1000 g/mol. The highest BCUT2D eigenvalue weighted by molar-refractivity contribution is 6.37. The number of rotatable bonds is 11. The highest BCUT2D eigenvalue weighted by Gasteiger charge is 2.74. The molecule has 2 N–H and O–H groups in total. The van der Waals surface area contributed by atoms with Crippen LogP contribution in [-0.2, 0) is 52.8 Å². The van der Waals surface area contributed by atoms with Crippen molar-refractivity contribution in [2.75, 3.05) is 24.4 Å². The third-order valence-electron chi connectivity index (χ3n) is 10.1. The van der Waals surface area contributed by atoms with Gasteiger partial charge in [-0.05, 0) is 92.3 Å². The number of hydrogen-bond donors (Lipinski definition) is 2. The van der Waals surface area contributed by atoms with Crippen molar-refractivity contribution in [1.82, 2.24) is 0 Å². The zero-order valence-electron chi connectivity index (χ0n) is 36.6. The second-order valence-electron chi connectivity index (χ2n) is 15.0. The van der Waals surface area contributed by atoms with Crippen molar-refractivity contribution in [2.24, 2.45) is 0 Å². The number of carbonyl (C=O) groups is 6. The number of esters is 2. The first-order valence-electron chi connectivity index (χ1n) is 19.5. The number of ketones is 2. The molecule has 4 aromatic rings. The number of ether oxygens (including phenoxy) is 2. The van der Waals surface area contributed by atoms with Crippen molar-refractivity contribution in [1.29, 1.82) is 0 Å². The second-order valence-corrected chi connectivity index (χ2v) is 15.0. The van der Waals surface area contributed by atoms with Gasteiger partial charge in [0.1, 0.15) is 0 Å². The molecule has 69 heavy (non-hydrogen) atoms. The van der Waals surface area contributed by atoms with Gasteiger partial charge >= 0.3 is 59.8 Å². The molecule has 0 atom stereocenters. The maximum absolute atomic E-state index is 14.4. The van der Waals surface area contributed by atoms with Gasteiger partial charge in [-0.1, -0.05) is 48.5 Å². The highest BCUT2D eigenvalue weighted by Crippen LogP contribution is 2.55. The lowest BCUT2D eigenvalue weighted by Gasteiger charge is -2.31. The van der Waals surface area contributed by atoms with Gasteiger partial charge in [0.2, 0.25) is 0 Å². The molecule has 2 amide bonds. The van der Waals surface area contributed by atoms with Gasteiger partial charge in [-0.15, -0.1) is 0 Å². The number of anilines is 2. The topological polar surface area (TPSA) is 145 Å². The Hall–Kier alpha value is -6.88. The summed E-state index contributed by atoms with van der Waals surface area (Å²) in [5, 5.41) is 4.45. The first-order chi connectivity index (χ1) is 31.5. The fourth-order valence-electron chi connectivity index (χ4n) is 6.64. The predicted molar refractivity (Wildman–Crippen MR) is 216 cm³/mol. The van der Waals surface area contributed by atoms with E-state index in [2.05, 4.69) is 20.1 Å². The summed E-state index contributed by atoms with van der Waals surface area (Å²) in [6.45, 7) is 6.14. The van der Waals surface area contributed by atoms with Crippen molar-refractivity contribution < 1.29 is 99.7 Å². The molecule has 0 aliphatic carbocycles. The molecule has 0 saturated carbocycles. The van der Waals surface area contributed by atoms with Crippen LogP contribution in [0.4, 0.5) is 72.8 Å². The van der Waals surface area contributed by atoms with Crippen LogP contribution in [0, 0.1) is 27.7 Å². The Morgan fingerprint density at radius 2 is 0.783 bits per heavy atom. The van der Waals surface area contributed by atoms with Crippen LogP contribution in [0.25, 0.3) is 0 Å². The van der Waals surface area contributed by atoms with Crippen LogP contribution in [0.2, 0.25) is 0 Å². The predicted octanol–water partition coefficient (Wildman–Crippen LogP) is 10.6. The normalized spacial score (nSPS) is 12.3. The van der Waals surface area contributed by atoms with E-state index in [4.69, 9.17) is 0 Å². The number of hydrogen-bond acceptors (Lipinski definition) is 8. The minimum atomic E-state index is -6.25. The lowest BCUT2D eigenvalue weighted by Crippen LogP contribution is -2.50. The Morgan fingerprint density at radius 1 is 0.478 bits per heavy atom. The molecule has 0 aliphatic rings. The average Bonchev–Trinajstić information content (AvgIpc) is 3.23. The molecule has 0 spiro atoms. The Labute approximate surface area is 382 Å². The SMILES string of the molecule is CCOC(=O)C(=O)Nc1cccc(C(=O)Cc2c(C)cc(C(F)(C(F)(F)F)C(F)(F)F)cc2C)c1.COC(=O)C(=O)Nc1cccc(C(=O)Cc2c(C)cc(C(F)(C(F)(F)F)C(F)(F)F)cc2C)c1. The molecule has 10 nitrogen and oxygen atoms in total. The van der Waals surface area contributed by atoms with Gasteiger partial charge in [-0.2, -0.15) is 52.7 Å². The summed E-state index contributed by atoms with van der Waals surface area (Å²) in [5.41, 5.74) is -14.5. The van der Waals surface area contributed by atoms with Crippen LogP contribution in [0.3, 0.4) is 0 Å². The van der Waals surface area contributed by atoms with Crippen molar-refractivity contribution in [3.05, 3.63) is 128 Å². The van der Waals surface area contributed by atoms with E-state index in [0.29, 0.717) is 24.3 Å². The largest absolute Gasteiger partial charge is 0.462 e. The third kappa shape index (κ3) is 12.6. The van der Waals surface area contributed by atoms with Crippen molar-refractivity contribution >= 4 is 46.7 Å². The Bertz CT molecular complexity index is 2540. The number of methoxy groups -OCH3 is 1. The standard InChI is InChI=1S/C23H20F7NO4.C22H18F7NO4/c1-4-35-20(34)19(33)31-16-7-5-6-14(10-16)18(32)11-17-12(2)8-15(9-13(17)3)21(24,22(25,26)27)23(28,29)30;1-11-7-14(20(23,21(24,25)26)22(27,28)29)8-12(2)16(11)10-17(31)13-5-4-6-15(9-13)30-18(32)19(33)34-3/h5-10H,4,11H2,1-3H3,(H,31,33);4-9H,10H2,1-3H3,(H,30,32). The highest BCUT2D eigenvalue weighted by atomic mass is 19.4. The smallest absolute Gasteiger partial charge is 0.435 e. The summed E-state index contributed by atoms with van der Waals surface area (Å²) in [4.78, 5) is 71.5. The zero-order valence-corrected chi connectivity index (χ0v) is 36.6. The number of alkyl halides is 14. The minimum absolute atomic E-state index is 0.0300. The molecule has 24 heteroatoms. The van der Waals surface area contributed by atoms with E-state index in [1.165, 1.54) is 83.1 Å². The summed E-state index contributed by atoms with van der Waals surface area (Å²) >= 11 is 0. The summed E-state index contributed by atoms with van der Waals surface area (Å²) < 4.78 is 195. The molecule has 0 radical (unpaired) electrons. The van der Waals surface area contributed by atoms with E-state index < -0.39 is 95.3 Å². The summed E-state index contributed by atoms with van der Waals surface area (Å²) in [5.74, 6) is -5.68. The molecule has 4 rings (SSSR count). The van der Waals surface area contributed by atoms with Crippen molar-refractivity contribution in [3.63, 3.8) is 0 Å². The molecule has 0 aromatic heterocycles.